The van der Waals surface area contributed by atoms with E-state index in [9.17, 15) is 0 Å². The Hall–Kier alpha value is -1.36. The molecule has 3 saturated heterocycles. The van der Waals surface area contributed by atoms with Gasteiger partial charge in [0.1, 0.15) is 18.0 Å². The Morgan fingerprint density at radius 1 is 1.26 bits per heavy atom. The molecule has 0 spiro atoms. The van der Waals surface area contributed by atoms with Gasteiger partial charge in [0.25, 0.3) is 0 Å². The number of aromatic nitrogens is 2. The van der Waals surface area contributed by atoms with Gasteiger partial charge in [0, 0.05) is 24.7 Å². The van der Waals surface area contributed by atoms with Gasteiger partial charge in [0.2, 0.25) is 0 Å². The van der Waals surface area contributed by atoms with Crippen LogP contribution in [0.5, 0.6) is 0 Å². The SMILES string of the molecule is CCNc1ncnc(NC2CN3CCC2CC3)c1C. The molecule has 5 heteroatoms. The van der Waals surface area contributed by atoms with Gasteiger partial charge in [0.15, 0.2) is 0 Å². The second-order valence-corrected chi connectivity index (χ2v) is 5.62. The van der Waals surface area contributed by atoms with Crippen molar-refractivity contribution in [2.45, 2.75) is 32.7 Å². The van der Waals surface area contributed by atoms with Gasteiger partial charge in [-0.15, -0.1) is 0 Å². The van der Waals surface area contributed by atoms with Crippen LogP contribution in [0.15, 0.2) is 6.33 Å². The molecule has 1 atom stereocenters. The summed E-state index contributed by atoms with van der Waals surface area (Å²) in [5, 5.41) is 6.93. The van der Waals surface area contributed by atoms with E-state index in [0.717, 1.165) is 36.2 Å². The van der Waals surface area contributed by atoms with Gasteiger partial charge in [-0.1, -0.05) is 0 Å². The monoisotopic (exact) mass is 261 g/mol. The van der Waals surface area contributed by atoms with Crippen LogP contribution in [-0.2, 0) is 0 Å². The molecule has 1 aromatic rings. The maximum Gasteiger partial charge on any atom is 0.134 e. The highest BCUT2D eigenvalue weighted by Gasteiger charge is 2.34. The number of hydrogen-bond acceptors (Lipinski definition) is 5. The topological polar surface area (TPSA) is 53.1 Å². The maximum absolute atomic E-state index is 4.42. The molecule has 4 rings (SSSR count). The summed E-state index contributed by atoms with van der Waals surface area (Å²) in [6.45, 7) is 8.76. The van der Waals surface area contributed by atoms with Gasteiger partial charge in [0.05, 0.1) is 0 Å². The summed E-state index contributed by atoms with van der Waals surface area (Å²) in [6, 6.07) is 0.547. The number of nitrogens with one attached hydrogen (secondary N) is 2. The lowest BCUT2D eigenvalue weighted by atomic mass is 9.84. The van der Waals surface area contributed by atoms with Gasteiger partial charge in [-0.25, -0.2) is 9.97 Å². The van der Waals surface area contributed by atoms with Crippen LogP contribution in [0.1, 0.15) is 25.3 Å². The van der Waals surface area contributed by atoms with Crippen LogP contribution in [-0.4, -0.2) is 47.1 Å². The van der Waals surface area contributed by atoms with Crippen molar-refractivity contribution in [3.05, 3.63) is 11.9 Å². The van der Waals surface area contributed by atoms with Gasteiger partial charge in [-0.2, -0.15) is 0 Å². The molecule has 3 aliphatic rings. The number of fused-ring (bicyclic) bond motifs is 3. The van der Waals surface area contributed by atoms with Crippen LogP contribution in [0.4, 0.5) is 11.6 Å². The molecule has 4 heterocycles. The van der Waals surface area contributed by atoms with E-state index in [1.807, 2.05) is 0 Å². The van der Waals surface area contributed by atoms with E-state index in [4.69, 9.17) is 0 Å². The van der Waals surface area contributed by atoms with Crippen LogP contribution in [0.3, 0.4) is 0 Å². The number of nitrogens with zero attached hydrogens (tertiary/aromatic N) is 3. The van der Waals surface area contributed by atoms with E-state index in [1.54, 1.807) is 6.33 Å². The van der Waals surface area contributed by atoms with E-state index in [0.29, 0.717) is 6.04 Å². The Kier molecular flexibility index (Phi) is 3.55. The summed E-state index contributed by atoms with van der Waals surface area (Å²) in [4.78, 5) is 11.3. The lowest BCUT2D eigenvalue weighted by Crippen LogP contribution is -2.53. The van der Waals surface area contributed by atoms with Crippen LogP contribution in [0.2, 0.25) is 0 Å². The smallest absolute Gasteiger partial charge is 0.134 e. The summed E-state index contributed by atoms with van der Waals surface area (Å²) < 4.78 is 0. The first-order chi connectivity index (χ1) is 9.28. The molecule has 3 aliphatic heterocycles. The number of rotatable bonds is 4. The fourth-order valence-corrected chi connectivity index (χ4v) is 3.25. The molecule has 1 unspecified atom stereocenters. The molecule has 104 valence electrons. The average Bonchev–Trinajstić information content (AvgIpc) is 2.45. The summed E-state index contributed by atoms with van der Waals surface area (Å²) in [5.74, 6) is 2.74. The first-order valence-electron chi connectivity index (χ1n) is 7.32. The minimum absolute atomic E-state index is 0.547. The van der Waals surface area contributed by atoms with E-state index in [1.165, 1.54) is 25.9 Å². The lowest BCUT2D eigenvalue weighted by molar-refractivity contribution is 0.0973. The average molecular weight is 261 g/mol. The number of piperidine rings is 3. The van der Waals surface area contributed by atoms with Crippen molar-refractivity contribution >= 4 is 11.6 Å². The minimum atomic E-state index is 0.547. The Labute approximate surface area is 114 Å². The zero-order chi connectivity index (χ0) is 13.2. The maximum atomic E-state index is 4.42. The van der Waals surface area contributed by atoms with Crippen molar-refractivity contribution < 1.29 is 0 Å². The first-order valence-corrected chi connectivity index (χ1v) is 7.32. The highest BCUT2D eigenvalue weighted by Crippen LogP contribution is 2.30. The van der Waals surface area contributed by atoms with Gasteiger partial charge in [-0.05, 0) is 45.7 Å². The van der Waals surface area contributed by atoms with Crippen molar-refractivity contribution in [2.75, 3.05) is 36.8 Å². The molecule has 0 amide bonds. The van der Waals surface area contributed by atoms with Crippen molar-refractivity contribution in [3.63, 3.8) is 0 Å². The molecule has 2 N–H and O–H groups in total. The summed E-state index contributed by atoms with van der Waals surface area (Å²) in [6.07, 6.45) is 4.29. The Morgan fingerprint density at radius 3 is 2.63 bits per heavy atom. The van der Waals surface area contributed by atoms with Gasteiger partial charge >= 0.3 is 0 Å². The Morgan fingerprint density at radius 2 is 2.00 bits per heavy atom. The van der Waals surface area contributed by atoms with Crippen LogP contribution in [0.25, 0.3) is 0 Å². The molecule has 3 fully saturated rings. The molecule has 0 aliphatic carbocycles. The predicted molar refractivity (Wildman–Crippen MR) is 77.5 cm³/mol. The number of anilines is 2. The zero-order valence-corrected chi connectivity index (χ0v) is 11.8. The molecule has 0 saturated carbocycles. The third kappa shape index (κ3) is 2.52. The third-order valence-corrected chi connectivity index (χ3v) is 4.41. The summed E-state index contributed by atoms with van der Waals surface area (Å²) in [7, 11) is 0. The summed E-state index contributed by atoms with van der Waals surface area (Å²) in [5.41, 5.74) is 1.13. The van der Waals surface area contributed by atoms with Crippen molar-refractivity contribution in [1.29, 1.82) is 0 Å². The molecule has 2 bridgehead atoms. The highest BCUT2D eigenvalue weighted by atomic mass is 15.2. The number of hydrogen-bond donors (Lipinski definition) is 2. The lowest BCUT2D eigenvalue weighted by Gasteiger charge is -2.45. The minimum Gasteiger partial charge on any atom is -0.370 e. The quantitative estimate of drug-likeness (QED) is 0.864. The highest BCUT2D eigenvalue weighted by molar-refractivity contribution is 5.56. The van der Waals surface area contributed by atoms with E-state index >= 15 is 0 Å². The van der Waals surface area contributed by atoms with Crippen molar-refractivity contribution in [2.24, 2.45) is 5.92 Å². The summed E-state index contributed by atoms with van der Waals surface area (Å²) >= 11 is 0. The standard InChI is InChI=1S/C14H23N5/c1-3-15-13-10(2)14(17-9-16-13)18-12-8-19-6-4-11(12)5-7-19/h9,11-12H,3-8H2,1-2H3,(H2,15,16,17,18). The second kappa shape index (κ2) is 5.33. The largest absolute Gasteiger partial charge is 0.370 e. The third-order valence-electron chi connectivity index (χ3n) is 4.41. The predicted octanol–water partition coefficient (Wildman–Crippen LogP) is 1.72. The molecule has 1 aromatic heterocycles. The Balaban J connectivity index is 1.74. The van der Waals surface area contributed by atoms with Crippen molar-refractivity contribution in [3.8, 4) is 0 Å². The van der Waals surface area contributed by atoms with E-state index in [2.05, 4.69) is 39.3 Å². The molecular formula is C14H23N5. The van der Waals surface area contributed by atoms with Crippen LogP contribution in [0, 0.1) is 12.8 Å². The van der Waals surface area contributed by atoms with Gasteiger partial charge in [-0.3, -0.25) is 0 Å². The normalized spacial score (nSPS) is 29.3. The molecular weight excluding hydrogens is 238 g/mol. The van der Waals surface area contributed by atoms with Crippen LogP contribution >= 0.6 is 0 Å². The van der Waals surface area contributed by atoms with E-state index < -0.39 is 0 Å². The molecule has 0 radical (unpaired) electrons. The van der Waals surface area contributed by atoms with Gasteiger partial charge < -0.3 is 15.5 Å². The fraction of sp³-hybridized carbons (Fsp3) is 0.714. The fourth-order valence-electron chi connectivity index (χ4n) is 3.25. The van der Waals surface area contributed by atoms with Crippen LogP contribution < -0.4 is 10.6 Å². The van der Waals surface area contributed by atoms with E-state index in [-0.39, 0.29) is 0 Å². The second-order valence-electron chi connectivity index (χ2n) is 5.62. The van der Waals surface area contributed by atoms with Crippen molar-refractivity contribution in [1.82, 2.24) is 14.9 Å². The zero-order valence-electron chi connectivity index (χ0n) is 11.8. The molecule has 19 heavy (non-hydrogen) atoms. The first kappa shape index (κ1) is 12.7. The Bertz CT molecular complexity index is 439. The molecule has 0 aromatic carbocycles. The molecule has 5 nitrogen and oxygen atoms in total.